The van der Waals surface area contributed by atoms with Gasteiger partial charge in [-0.05, 0) is 36.4 Å². The van der Waals surface area contributed by atoms with Crippen molar-refractivity contribution in [3.8, 4) is 11.3 Å². The van der Waals surface area contributed by atoms with Crippen molar-refractivity contribution in [3.05, 3.63) is 93.8 Å². The number of benzene rings is 3. The fourth-order valence-corrected chi connectivity index (χ4v) is 4.90. The van der Waals surface area contributed by atoms with Crippen molar-refractivity contribution in [1.82, 2.24) is 4.98 Å². The highest BCUT2D eigenvalue weighted by molar-refractivity contribution is 8.00. The Labute approximate surface area is 209 Å². The largest absolute Gasteiger partial charge is 0.322 e. The Morgan fingerprint density at radius 1 is 0.939 bits per heavy atom. The van der Waals surface area contributed by atoms with Crippen LogP contribution >= 0.6 is 46.3 Å². The molecule has 2 amide bonds. The molecule has 0 radical (unpaired) electrons. The lowest BCUT2D eigenvalue weighted by Crippen LogP contribution is -2.14. The standard InChI is InChI=1S/C24H17Cl2N3O2S2/c25-16-9-10-19(20(26)11-16)23(31)27-17-7-4-8-18(12-17)32-14-22(30)29-24-28-21(13-33-24)15-5-2-1-3-6-15/h1-13H,14H2,(H,27,31)(H,28,29,30). The molecule has 2 N–H and O–H groups in total. The number of anilines is 2. The summed E-state index contributed by atoms with van der Waals surface area (Å²) in [7, 11) is 0. The van der Waals surface area contributed by atoms with E-state index in [1.54, 1.807) is 24.3 Å². The maximum Gasteiger partial charge on any atom is 0.257 e. The Morgan fingerprint density at radius 2 is 1.76 bits per heavy atom. The first-order chi connectivity index (χ1) is 16.0. The lowest BCUT2D eigenvalue weighted by atomic mass is 10.2. The molecular weight excluding hydrogens is 497 g/mol. The second kappa shape index (κ2) is 10.9. The summed E-state index contributed by atoms with van der Waals surface area (Å²) in [5.74, 6) is -0.286. The zero-order valence-electron chi connectivity index (χ0n) is 17.0. The Kier molecular flexibility index (Phi) is 7.67. The van der Waals surface area contributed by atoms with Crippen molar-refractivity contribution < 1.29 is 9.59 Å². The zero-order valence-corrected chi connectivity index (χ0v) is 20.2. The molecular formula is C24H17Cl2N3O2S2. The number of thioether (sulfide) groups is 1. The minimum absolute atomic E-state index is 0.156. The van der Waals surface area contributed by atoms with Gasteiger partial charge in [0.2, 0.25) is 5.91 Å². The molecule has 33 heavy (non-hydrogen) atoms. The zero-order chi connectivity index (χ0) is 23.2. The average Bonchev–Trinajstić information content (AvgIpc) is 3.27. The van der Waals surface area contributed by atoms with Crippen LogP contribution in [0.25, 0.3) is 11.3 Å². The molecule has 0 aliphatic heterocycles. The van der Waals surface area contributed by atoms with Gasteiger partial charge >= 0.3 is 0 Å². The van der Waals surface area contributed by atoms with Crippen LogP contribution in [0.5, 0.6) is 0 Å². The van der Waals surface area contributed by atoms with Crippen LogP contribution in [-0.2, 0) is 4.79 Å². The van der Waals surface area contributed by atoms with Crippen molar-refractivity contribution in [2.45, 2.75) is 4.90 Å². The lowest BCUT2D eigenvalue weighted by Gasteiger charge is -2.09. The van der Waals surface area contributed by atoms with Gasteiger partial charge in [-0.2, -0.15) is 0 Å². The van der Waals surface area contributed by atoms with Gasteiger partial charge in [0.15, 0.2) is 5.13 Å². The molecule has 0 fully saturated rings. The summed E-state index contributed by atoms with van der Waals surface area (Å²) in [6, 6.07) is 21.8. The van der Waals surface area contributed by atoms with Crippen molar-refractivity contribution in [3.63, 3.8) is 0 Å². The van der Waals surface area contributed by atoms with E-state index in [1.807, 2.05) is 47.8 Å². The lowest BCUT2D eigenvalue weighted by molar-refractivity contribution is -0.113. The van der Waals surface area contributed by atoms with Crippen molar-refractivity contribution >= 4 is 68.9 Å². The number of nitrogens with zero attached hydrogens (tertiary/aromatic N) is 1. The van der Waals surface area contributed by atoms with Gasteiger partial charge in [-0.3, -0.25) is 9.59 Å². The monoisotopic (exact) mass is 513 g/mol. The van der Waals surface area contributed by atoms with E-state index in [9.17, 15) is 9.59 Å². The van der Waals surface area contributed by atoms with Gasteiger partial charge < -0.3 is 10.6 Å². The van der Waals surface area contributed by atoms with Crippen LogP contribution in [0.4, 0.5) is 10.8 Å². The third-order valence-corrected chi connectivity index (χ3v) is 6.76. The van der Waals surface area contributed by atoms with Crippen LogP contribution in [0.3, 0.4) is 0 Å². The van der Waals surface area contributed by atoms with Gasteiger partial charge in [0, 0.05) is 26.5 Å². The first-order valence-electron chi connectivity index (χ1n) is 9.78. The highest BCUT2D eigenvalue weighted by Gasteiger charge is 2.12. The molecule has 1 heterocycles. The van der Waals surface area contributed by atoms with E-state index in [1.165, 1.54) is 29.2 Å². The smallest absolute Gasteiger partial charge is 0.257 e. The molecule has 0 spiro atoms. The van der Waals surface area contributed by atoms with Crippen LogP contribution in [0.1, 0.15) is 10.4 Å². The molecule has 0 atom stereocenters. The van der Waals surface area contributed by atoms with Gasteiger partial charge in [-0.15, -0.1) is 23.1 Å². The maximum absolute atomic E-state index is 12.5. The number of aromatic nitrogens is 1. The van der Waals surface area contributed by atoms with E-state index < -0.39 is 0 Å². The number of hydrogen-bond acceptors (Lipinski definition) is 5. The summed E-state index contributed by atoms with van der Waals surface area (Å²) >= 11 is 14.7. The molecule has 1 aromatic heterocycles. The van der Waals surface area contributed by atoms with E-state index in [0.29, 0.717) is 21.4 Å². The molecule has 0 unspecified atom stereocenters. The fourth-order valence-electron chi connectivity index (χ4n) is 2.91. The molecule has 5 nitrogen and oxygen atoms in total. The molecule has 0 saturated heterocycles. The summed E-state index contributed by atoms with van der Waals surface area (Å²) in [6.45, 7) is 0. The van der Waals surface area contributed by atoms with E-state index in [4.69, 9.17) is 23.2 Å². The molecule has 0 saturated carbocycles. The van der Waals surface area contributed by atoms with Gasteiger partial charge in [0.25, 0.3) is 5.91 Å². The first-order valence-corrected chi connectivity index (χ1v) is 12.4. The van der Waals surface area contributed by atoms with Crippen molar-refractivity contribution in [2.75, 3.05) is 16.4 Å². The molecule has 4 rings (SSSR count). The normalized spacial score (nSPS) is 10.6. The first kappa shape index (κ1) is 23.3. The van der Waals surface area contributed by atoms with Crippen molar-refractivity contribution in [1.29, 1.82) is 0 Å². The molecule has 0 aliphatic carbocycles. The number of carbonyl (C=O) groups excluding carboxylic acids is 2. The third kappa shape index (κ3) is 6.36. The maximum atomic E-state index is 12.5. The van der Waals surface area contributed by atoms with Gasteiger partial charge in [0.05, 0.1) is 22.0 Å². The molecule has 166 valence electrons. The molecule has 0 aliphatic rings. The number of nitrogens with one attached hydrogen (secondary N) is 2. The summed E-state index contributed by atoms with van der Waals surface area (Å²) in [6.07, 6.45) is 0. The Bertz CT molecular complexity index is 1300. The summed E-state index contributed by atoms with van der Waals surface area (Å²) in [5.41, 5.74) is 2.76. The fraction of sp³-hybridized carbons (Fsp3) is 0.0417. The van der Waals surface area contributed by atoms with E-state index >= 15 is 0 Å². The van der Waals surface area contributed by atoms with Crippen LogP contribution in [0.15, 0.2) is 83.1 Å². The Morgan fingerprint density at radius 3 is 2.55 bits per heavy atom. The molecule has 3 aromatic carbocycles. The van der Waals surface area contributed by atoms with E-state index in [2.05, 4.69) is 15.6 Å². The number of rotatable bonds is 7. The Hall–Kier alpha value is -2.84. The second-order valence-electron chi connectivity index (χ2n) is 6.85. The number of carbonyl (C=O) groups is 2. The summed E-state index contributed by atoms with van der Waals surface area (Å²) in [5, 5.41) is 8.86. The SMILES string of the molecule is O=C(CSc1cccc(NC(=O)c2ccc(Cl)cc2Cl)c1)Nc1nc(-c2ccccc2)cs1. The predicted molar refractivity (Wildman–Crippen MR) is 138 cm³/mol. The highest BCUT2D eigenvalue weighted by Crippen LogP contribution is 2.27. The van der Waals surface area contributed by atoms with E-state index in [-0.39, 0.29) is 22.6 Å². The van der Waals surface area contributed by atoms with Gasteiger partial charge in [-0.1, -0.05) is 59.6 Å². The summed E-state index contributed by atoms with van der Waals surface area (Å²) < 4.78 is 0. The molecule has 9 heteroatoms. The minimum Gasteiger partial charge on any atom is -0.322 e. The van der Waals surface area contributed by atoms with Crippen molar-refractivity contribution in [2.24, 2.45) is 0 Å². The third-order valence-electron chi connectivity index (χ3n) is 4.46. The van der Waals surface area contributed by atoms with Crippen LogP contribution in [0, 0.1) is 0 Å². The minimum atomic E-state index is -0.338. The number of hydrogen-bond donors (Lipinski definition) is 2. The predicted octanol–water partition coefficient (Wildman–Crippen LogP) is 7.10. The highest BCUT2D eigenvalue weighted by atomic mass is 35.5. The van der Waals surface area contributed by atoms with Gasteiger partial charge in [0.1, 0.15) is 0 Å². The van der Waals surface area contributed by atoms with Crippen LogP contribution < -0.4 is 10.6 Å². The van der Waals surface area contributed by atoms with Gasteiger partial charge in [-0.25, -0.2) is 4.98 Å². The summed E-state index contributed by atoms with van der Waals surface area (Å²) in [4.78, 5) is 30.2. The number of amides is 2. The topological polar surface area (TPSA) is 71.1 Å². The molecule has 4 aromatic rings. The average molecular weight is 514 g/mol. The quantitative estimate of drug-likeness (QED) is 0.258. The van der Waals surface area contributed by atoms with Crippen LogP contribution in [-0.4, -0.2) is 22.6 Å². The van der Waals surface area contributed by atoms with E-state index in [0.717, 1.165) is 16.2 Å². The van der Waals surface area contributed by atoms with Crippen LogP contribution in [0.2, 0.25) is 10.0 Å². The number of thiazole rings is 1. The number of halogens is 2. The second-order valence-corrected chi connectivity index (χ2v) is 9.60. The Balaban J connectivity index is 1.33. The molecule has 0 bridgehead atoms.